The fourth-order valence-electron chi connectivity index (χ4n) is 2.94. The summed E-state index contributed by atoms with van der Waals surface area (Å²) in [6, 6.07) is 14.9. The van der Waals surface area contributed by atoms with Crippen LogP contribution < -0.4 is 4.74 Å². The normalized spacial score (nSPS) is 14.5. The average Bonchev–Trinajstić information content (AvgIpc) is 3.35. The Morgan fingerprint density at radius 3 is 2.57 bits per heavy atom. The lowest BCUT2D eigenvalue weighted by atomic mass is 10.1. The van der Waals surface area contributed by atoms with E-state index in [9.17, 15) is 14.9 Å². The predicted molar refractivity (Wildman–Crippen MR) is 109 cm³/mol. The molecule has 0 aliphatic carbocycles. The van der Waals surface area contributed by atoms with E-state index in [4.69, 9.17) is 13.9 Å². The van der Waals surface area contributed by atoms with Crippen LogP contribution in [0.1, 0.15) is 16.9 Å². The van der Waals surface area contributed by atoms with E-state index in [0.29, 0.717) is 28.4 Å². The molecule has 0 unspecified atom stereocenters. The zero-order chi connectivity index (χ0) is 21.3. The van der Waals surface area contributed by atoms with Gasteiger partial charge in [0, 0.05) is 23.8 Å². The molecule has 1 aromatic heterocycles. The highest BCUT2D eigenvalue weighted by Crippen LogP contribution is 2.35. The molecular weight excluding hydrogens is 388 g/mol. The first kappa shape index (κ1) is 19.1. The van der Waals surface area contributed by atoms with Crippen LogP contribution in [0.25, 0.3) is 17.4 Å². The molecular formula is C22H16N2O6. The highest BCUT2D eigenvalue weighted by molar-refractivity contribution is 6.12. The second-order valence-electron chi connectivity index (χ2n) is 6.55. The fourth-order valence-corrected chi connectivity index (χ4v) is 2.94. The van der Waals surface area contributed by atoms with Gasteiger partial charge in [-0.05, 0) is 37.3 Å². The van der Waals surface area contributed by atoms with E-state index in [2.05, 4.69) is 4.99 Å². The van der Waals surface area contributed by atoms with E-state index >= 15 is 0 Å². The predicted octanol–water partition coefficient (Wildman–Crippen LogP) is 4.52. The second-order valence-corrected chi connectivity index (χ2v) is 6.55. The van der Waals surface area contributed by atoms with Crippen LogP contribution in [-0.2, 0) is 9.53 Å². The number of carbonyl (C=O) groups excluding carboxylic acids is 1. The SMILES string of the molecule is COc1ccc([N+](=O)[O-])cc1-c1ccc(C=C2N=C(c3ccc(C)cc3)OC2=O)o1. The summed E-state index contributed by atoms with van der Waals surface area (Å²) in [5.74, 6) is 0.764. The number of hydrogen-bond donors (Lipinski definition) is 0. The molecule has 2 heterocycles. The van der Waals surface area contributed by atoms with Crippen LogP contribution in [0.5, 0.6) is 5.75 Å². The summed E-state index contributed by atoms with van der Waals surface area (Å²) in [6.45, 7) is 1.96. The first-order chi connectivity index (χ1) is 14.4. The number of nitrogens with zero attached hydrogens (tertiary/aromatic N) is 2. The molecule has 3 aromatic rings. The summed E-state index contributed by atoms with van der Waals surface area (Å²) in [4.78, 5) is 27.0. The van der Waals surface area contributed by atoms with Gasteiger partial charge in [-0.1, -0.05) is 17.7 Å². The van der Waals surface area contributed by atoms with Crippen molar-refractivity contribution in [1.29, 1.82) is 0 Å². The summed E-state index contributed by atoms with van der Waals surface area (Å²) in [7, 11) is 1.46. The van der Waals surface area contributed by atoms with Crippen molar-refractivity contribution in [3.63, 3.8) is 0 Å². The highest BCUT2D eigenvalue weighted by Gasteiger charge is 2.25. The maximum atomic E-state index is 12.2. The summed E-state index contributed by atoms with van der Waals surface area (Å²) in [5.41, 5.74) is 2.21. The van der Waals surface area contributed by atoms with Crippen LogP contribution in [0.3, 0.4) is 0 Å². The molecule has 4 rings (SSSR count). The zero-order valence-corrected chi connectivity index (χ0v) is 16.1. The molecule has 0 amide bonds. The minimum Gasteiger partial charge on any atom is -0.496 e. The number of furan rings is 1. The molecule has 8 nitrogen and oxygen atoms in total. The molecule has 1 aliphatic heterocycles. The summed E-state index contributed by atoms with van der Waals surface area (Å²) in [6.07, 6.45) is 1.46. The van der Waals surface area contributed by atoms with Crippen LogP contribution in [0, 0.1) is 17.0 Å². The van der Waals surface area contributed by atoms with Gasteiger partial charge in [0.05, 0.1) is 17.6 Å². The van der Waals surface area contributed by atoms with Crippen LogP contribution in [0.2, 0.25) is 0 Å². The number of nitro groups is 1. The Kier molecular flexibility index (Phi) is 4.89. The van der Waals surface area contributed by atoms with Crippen molar-refractivity contribution < 1.29 is 23.6 Å². The minimum atomic E-state index is -0.587. The molecule has 8 heteroatoms. The summed E-state index contributed by atoms with van der Waals surface area (Å²) < 4.78 is 16.3. The van der Waals surface area contributed by atoms with Crippen molar-refractivity contribution in [3.05, 3.63) is 87.3 Å². The van der Waals surface area contributed by atoms with Crippen LogP contribution in [0.4, 0.5) is 5.69 Å². The van der Waals surface area contributed by atoms with Gasteiger partial charge < -0.3 is 13.9 Å². The number of esters is 1. The number of non-ortho nitro benzene ring substituents is 1. The monoisotopic (exact) mass is 404 g/mol. The Hall–Kier alpha value is -4.20. The number of ether oxygens (including phenoxy) is 2. The van der Waals surface area contributed by atoms with Gasteiger partial charge in [-0.3, -0.25) is 10.1 Å². The van der Waals surface area contributed by atoms with Crippen molar-refractivity contribution in [2.75, 3.05) is 7.11 Å². The smallest absolute Gasteiger partial charge is 0.363 e. The van der Waals surface area contributed by atoms with Gasteiger partial charge in [0.15, 0.2) is 5.70 Å². The van der Waals surface area contributed by atoms with Gasteiger partial charge in [0.2, 0.25) is 5.90 Å². The number of aliphatic imine (C=N–C) groups is 1. The third-order valence-corrected chi connectivity index (χ3v) is 4.48. The zero-order valence-electron chi connectivity index (χ0n) is 16.1. The first-order valence-electron chi connectivity index (χ1n) is 8.97. The summed E-state index contributed by atoms with van der Waals surface area (Å²) in [5, 5.41) is 11.1. The van der Waals surface area contributed by atoms with Crippen LogP contribution >= 0.6 is 0 Å². The molecule has 0 saturated heterocycles. The van der Waals surface area contributed by atoms with Crippen molar-refractivity contribution in [2.24, 2.45) is 4.99 Å². The van der Waals surface area contributed by atoms with E-state index in [-0.39, 0.29) is 17.3 Å². The number of carbonyl (C=O) groups is 1. The first-order valence-corrected chi connectivity index (χ1v) is 8.97. The maximum Gasteiger partial charge on any atom is 0.363 e. The molecule has 0 saturated carbocycles. The van der Waals surface area contributed by atoms with E-state index in [1.54, 1.807) is 12.1 Å². The lowest BCUT2D eigenvalue weighted by Gasteiger charge is -2.05. The molecule has 1 aliphatic rings. The molecule has 2 aromatic carbocycles. The molecule has 0 fully saturated rings. The highest BCUT2D eigenvalue weighted by atomic mass is 16.6. The van der Waals surface area contributed by atoms with Crippen LogP contribution in [-0.4, -0.2) is 23.9 Å². The third-order valence-electron chi connectivity index (χ3n) is 4.48. The number of nitro benzene ring substituents is 1. The van der Waals surface area contributed by atoms with Gasteiger partial charge in [0.1, 0.15) is 17.3 Å². The Bertz CT molecular complexity index is 1200. The van der Waals surface area contributed by atoms with Crippen molar-refractivity contribution >= 4 is 23.6 Å². The second kappa shape index (κ2) is 7.67. The van der Waals surface area contributed by atoms with E-state index in [0.717, 1.165) is 5.56 Å². The lowest BCUT2D eigenvalue weighted by molar-refractivity contribution is -0.384. The molecule has 0 radical (unpaired) electrons. The number of hydrogen-bond acceptors (Lipinski definition) is 7. The molecule has 0 spiro atoms. The van der Waals surface area contributed by atoms with Crippen molar-refractivity contribution in [2.45, 2.75) is 6.92 Å². The van der Waals surface area contributed by atoms with Crippen molar-refractivity contribution in [3.8, 4) is 17.1 Å². The van der Waals surface area contributed by atoms with Gasteiger partial charge >= 0.3 is 5.97 Å². The number of methoxy groups -OCH3 is 1. The molecule has 0 atom stereocenters. The summed E-state index contributed by atoms with van der Waals surface area (Å²) >= 11 is 0. The number of aryl methyl sites for hydroxylation is 1. The van der Waals surface area contributed by atoms with Crippen molar-refractivity contribution in [1.82, 2.24) is 0 Å². The average molecular weight is 404 g/mol. The number of benzene rings is 2. The van der Waals surface area contributed by atoms with Gasteiger partial charge in [-0.2, -0.15) is 0 Å². The standard InChI is InChI=1S/C22H16N2O6/c1-13-3-5-14(6-4-13)21-23-18(22(25)30-21)12-16-8-10-20(29-16)17-11-15(24(26)27)7-9-19(17)28-2/h3-12H,1-2H3. The van der Waals surface area contributed by atoms with Gasteiger partial charge in [-0.25, -0.2) is 9.79 Å². The third kappa shape index (κ3) is 3.70. The molecule has 150 valence electrons. The van der Waals surface area contributed by atoms with E-state index < -0.39 is 10.9 Å². The van der Waals surface area contributed by atoms with Gasteiger partial charge in [0.25, 0.3) is 5.69 Å². The Morgan fingerprint density at radius 1 is 1.10 bits per heavy atom. The lowest BCUT2D eigenvalue weighted by Crippen LogP contribution is -2.05. The van der Waals surface area contributed by atoms with E-state index in [1.165, 1.54) is 31.4 Å². The maximum absolute atomic E-state index is 12.2. The molecule has 0 N–H and O–H groups in total. The van der Waals surface area contributed by atoms with Gasteiger partial charge in [-0.15, -0.1) is 0 Å². The van der Waals surface area contributed by atoms with E-state index in [1.807, 2.05) is 31.2 Å². The Balaban J connectivity index is 1.65. The number of rotatable bonds is 5. The molecule has 0 bridgehead atoms. The Morgan fingerprint density at radius 2 is 1.87 bits per heavy atom. The minimum absolute atomic E-state index is 0.0891. The number of cyclic esters (lactones) is 1. The largest absolute Gasteiger partial charge is 0.496 e. The topological polar surface area (TPSA) is 104 Å². The van der Waals surface area contributed by atoms with Crippen LogP contribution in [0.15, 0.2) is 69.7 Å². The fraction of sp³-hybridized carbons (Fsp3) is 0.0909. The quantitative estimate of drug-likeness (QED) is 0.268. The molecule has 30 heavy (non-hydrogen) atoms. The Labute approximate surface area is 171 Å².